The van der Waals surface area contributed by atoms with Crippen molar-refractivity contribution in [2.45, 2.75) is 89.4 Å². The number of piperidine rings is 1. The number of hydrogen-bond acceptors (Lipinski definition) is 10. The number of aromatic nitrogens is 2. The molecule has 12 nitrogen and oxygen atoms in total. The summed E-state index contributed by atoms with van der Waals surface area (Å²) in [6.45, 7) is 8.88. The maximum Gasteiger partial charge on any atom is 0.258 e. The van der Waals surface area contributed by atoms with Gasteiger partial charge in [0.2, 0.25) is 10.0 Å². The molecule has 4 fully saturated rings. The largest absolute Gasteiger partial charge is 0.451 e. The first kappa shape index (κ1) is 34.9. The van der Waals surface area contributed by atoms with E-state index in [1.807, 2.05) is 13.8 Å². The van der Waals surface area contributed by atoms with E-state index >= 15 is 0 Å². The van der Waals surface area contributed by atoms with Crippen LogP contribution in [0.15, 0.2) is 30.7 Å². The molecule has 264 valence electrons. The lowest BCUT2D eigenvalue weighted by molar-refractivity contribution is -0.239. The molecule has 0 bridgehead atoms. The minimum Gasteiger partial charge on any atom is -0.451 e. The SMILES string of the molecule is CCS(=O)(=O)N[C@@H]1CC[C@](O)(CN2CCC3(CC2)CN(c2ncncc2Oc2ccc(F)cc2C(=O)N(C(C)C)C2CC(F)C2)C3)OC1. The number of carbonyl (C=O) groups excluding carboxylic acids is 1. The van der Waals surface area contributed by atoms with E-state index in [0.717, 1.165) is 45.1 Å². The molecule has 2 N–H and O–H groups in total. The van der Waals surface area contributed by atoms with Gasteiger partial charge in [-0.25, -0.2) is 31.9 Å². The van der Waals surface area contributed by atoms with E-state index in [-0.39, 0.29) is 60.1 Å². The second kappa shape index (κ2) is 13.7. The van der Waals surface area contributed by atoms with Crippen LogP contribution < -0.4 is 14.4 Å². The Kier molecular flexibility index (Phi) is 9.98. The Labute approximate surface area is 280 Å². The monoisotopic (exact) mass is 692 g/mol. The number of nitrogens with one attached hydrogen (secondary N) is 1. The Balaban J connectivity index is 1.06. The summed E-state index contributed by atoms with van der Waals surface area (Å²) in [5.41, 5.74) is 0.138. The zero-order chi connectivity index (χ0) is 34.3. The number of halogens is 2. The molecule has 48 heavy (non-hydrogen) atoms. The molecule has 1 saturated carbocycles. The first-order chi connectivity index (χ1) is 22.8. The summed E-state index contributed by atoms with van der Waals surface area (Å²) >= 11 is 0. The van der Waals surface area contributed by atoms with Gasteiger partial charge >= 0.3 is 0 Å². The van der Waals surface area contributed by atoms with E-state index in [2.05, 4.69) is 24.5 Å². The summed E-state index contributed by atoms with van der Waals surface area (Å²) in [7, 11) is -3.33. The summed E-state index contributed by atoms with van der Waals surface area (Å²) < 4.78 is 66.6. The Morgan fingerprint density at radius 3 is 2.56 bits per heavy atom. The number of benzene rings is 1. The number of alkyl halides is 1. The summed E-state index contributed by atoms with van der Waals surface area (Å²) in [5, 5.41) is 11.1. The highest BCUT2D eigenvalue weighted by Gasteiger charge is 2.47. The van der Waals surface area contributed by atoms with E-state index in [4.69, 9.17) is 9.47 Å². The fraction of sp³-hybridized carbons (Fsp3) is 0.667. The highest BCUT2D eigenvalue weighted by atomic mass is 32.2. The average molecular weight is 693 g/mol. The predicted molar refractivity (Wildman–Crippen MR) is 175 cm³/mol. The molecule has 1 aromatic heterocycles. The van der Waals surface area contributed by atoms with Crippen molar-refractivity contribution < 1.29 is 36.6 Å². The molecule has 2 aromatic rings. The van der Waals surface area contributed by atoms with Gasteiger partial charge in [0, 0.05) is 43.1 Å². The van der Waals surface area contributed by atoms with Gasteiger partial charge in [0.25, 0.3) is 5.91 Å². The summed E-state index contributed by atoms with van der Waals surface area (Å²) in [6.07, 6.45) is 5.27. The van der Waals surface area contributed by atoms with Crippen molar-refractivity contribution in [2.24, 2.45) is 5.41 Å². The molecule has 1 aliphatic carbocycles. The molecule has 15 heteroatoms. The Bertz CT molecular complexity index is 1570. The standard InChI is InChI=1S/C33H46F2N6O6S/c1-4-48(44,45)38-25-7-8-33(43,46-17-25)20-39-11-9-32(10-12-39)18-40(19-32)30-29(16-36-21-37-30)47-28-6-5-23(34)15-27(28)31(42)41(22(2)3)26-13-24(35)14-26/h5-6,15-16,21-22,24-26,38,43H,4,7-14,17-20H2,1-3H3/t24?,25-,26?,33-/m1/s1. The lowest BCUT2D eigenvalue weighted by Crippen LogP contribution is -2.62. The van der Waals surface area contributed by atoms with Crippen molar-refractivity contribution in [1.29, 1.82) is 0 Å². The minimum atomic E-state index is -3.33. The number of nitrogens with zero attached hydrogens (tertiary/aromatic N) is 5. The van der Waals surface area contributed by atoms with Gasteiger partial charge in [-0.3, -0.25) is 9.69 Å². The maximum absolute atomic E-state index is 14.4. The summed E-state index contributed by atoms with van der Waals surface area (Å²) in [5.74, 6) is -1.17. The number of sulfonamides is 1. The molecule has 1 aromatic carbocycles. The van der Waals surface area contributed by atoms with Crippen LogP contribution in [-0.2, 0) is 14.8 Å². The zero-order valence-electron chi connectivity index (χ0n) is 27.8. The smallest absolute Gasteiger partial charge is 0.258 e. The van der Waals surface area contributed by atoms with Gasteiger partial charge in [-0.15, -0.1) is 0 Å². The van der Waals surface area contributed by atoms with Crippen molar-refractivity contribution in [3.8, 4) is 11.5 Å². The number of hydrogen-bond donors (Lipinski definition) is 2. The first-order valence-electron chi connectivity index (χ1n) is 16.9. The number of aliphatic hydroxyl groups is 1. The predicted octanol–water partition coefficient (Wildman–Crippen LogP) is 3.47. The molecule has 4 heterocycles. The number of β-amino-alcohol motifs (C(OH)–C–C–N with tert-alkyl or cyclic N) is 1. The van der Waals surface area contributed by atoms with Crippen LogP contribution in [0.3, 0.4) is 0 Å². The normalized spacial score (nSPS) is 27.4. The molecular formula is C33H46F2N6O6S. The van der Waals surface area contributed by atoms with Gasteiger partial charge in [0.05, 0.1) is 30.7 Å². The zero-order valence-corrected chi connectivity index (χ0v) is 28.6. The molecule has 3 aliphatic heterocycles. The van der Waals surface area contributed by atoms with Gasteiger partial charge < -0.3 is 24.4 Å². The molecule has 1 amide bonds. The fourth-order valence-corrected chi connectivity index (χ4v) is 8.20. The van der Waals surface area contributed by atoms with Crippen LogP contribution in [0.25, 0.3) is 0 Å². The van der Waals surface area contributed by atoms with Gasteiger partial charge in [-0.1, -0.05) is 0 Å². The third kappa shape index (κ3) is 7.59. The summed E-state index contributed by atoms with van der Waals surface area (Å²) in [4.78, 5) is 28.3. The molecule has 1 spiro atoms. The molecule has 4 aliphatic rings. The Hall–Kier alpha value is -2.98. The van der Waals surface area contributed by atoms with Crippen molar-refractivity contribution in [3.63, 3.8) is 0 Å². The molecular weight excluding hydrogens is 646 g/mol. The van der Waals surface area contributed by atoms with Gasteiger partial charge in [-0.2, -0.15) is 0 Å². The number of anilines is 1. The number of ether oxygens (including phenoxy) is 2. The molecule has 2 atom stereocenters. The second-order valence-electron chi connectivity index (χ2n) is 14.1. The maximum atomic E-state index is 14.4. The van der Waals surface area contributed by atoms with Gasteiger partial charge in [0.1, 0.15) is 24.1 Å². The van der Waals surface area contributed by atoms with Crippen LogP contribution in [0.5, 0.6) is 11.5 Å². The van der Waals surface area contributed by atoms with Crippen molar-refractivity contribution in [3.05, 3.63) is 42.1 Å². The molecule has 0 unspecified atom stereocenters. The molecule has 3 saturated heterocycles. The van der Waals surface area contributed by atoms with Crippen molar-refractivity contribution in [1.82, 2.24) is 24.5 Å². The van der Waals surface area contributed by atoms with Crippen LogP contribution in [0.4, 0.5) is 14.6 Å². The van der Waals surface area contributed by atoms with Crippen molar-refractivity contribution in [2.75, 3.05) is 50.0 Å². The lowest BCUT2D eigenvalue weighted by atomic mass is 9.72. The Morgan fingerprint density at radius 2 is 1.94 bits per heavy atom. The quantitative estimate of drug-likeness (QED) is 0.360. The highest BCUT2D eigenvalue weighted by molar-refractivity contribution is 7.89. The Morgan fingerprint density at radius 1 is 1.21 bits per heavy atom. The van der Waals surface area contributed by atoms with E-state index in [1.165, 1.54) is 24.7 Å². The number of likely N-dealkylation sites (tertiary alicyclic amines) is 1. The number of carbonyl (C=O) groups is 1. The van der Waals surface area contributed by atoms with E-state index in [9.17, 15) is 27.1 Å². The summed E-state index contributed by atoms with van der Waals surface area (Å²) in [6, 6.07) is 3.04. The number of rotatable bonds is 11. The third-order valence-electron chi connectivity index (χ3n) is 10.2. The van der Waals surface area contributed by atoms with Crippen LogP contribution in [0.2, 0.25) is 0 Å². The number of amides is 1. The van der Waals surface area contributed by atoms with Crippen LogP contribution in [0, 0.1) is 11.2 Å². The van der Waals surface area contributed by atoms with Crippen LogP contribution in [-0.4, -0.2) is 114 Å². The van der Waals surface area contributed by atoms with Crippen molar-refractivity contribution >= 4 is 21.7 Å². The average Bonchev–Trinajstić information content (AvgIpc) is 3.02. The first-order valence-corrected chi connectivity index (χ1v) is 18.5. The lowest BCUT2D eigenvalue weighted by Gasteiger charge is -2.55. The van der Waals surface area contributed by atoms with E-state index in [1.54, 1.807) is 11.8 Å². The van der Waals surface area contributed by atoms with E-state index in [0.29, 0.717) is 31.0 Å². The molecule has 6 rings (SSSR count). The van der Waals surface area contributed by atoms with Crippen LogP contribution >= 0.6 is 0 Å². The van der Waals surface area contributed by atoms with Crippen LogP contribution in [0.1, 0.15) is 69.7 Å². The van der Waals surface area contributed by atoms with E-state index < -0.39 is 33.7 Å². The topological polar surface area (TPSA) is 137 Å². The molecule has 0 radical (unpaired) electrons. The minimum absolute atomic E-state index is 0.00390. The van der Waals surface area contributed by atoms with Gasteiger partial charge in [0.15, 0.2) is 17.4 Å². The van der Waals surface area contributed by atoms with Gasteiger partial charge in [-0.05, 0) is 84.2 Å². The second-order valence-corrected chi connectivity index (χ2v) is 16.2. The third-order valence-corrected chi connectivity index (χ3v) is 11.6. The highest BCUT2D eigenvalue weighted by Crippen LogP contribution is 2.45. The fourth-order valence-electron chi connectivity index (χ4n) is 7.34.